The van der Waals surface area contributed by atoms with E-state index in [-0.39, 0.29) is 80.6 Å². The van der Waals surface area contributed by atoms with Gasteiger partial charge in [0.25, 0.3) is 0 Å². The van der Waals surface area contributed by atoms with Gasteiger partial charge < -0.3 is 70.7 Å². The minimum atomic E-state index is -1.62. The molecule has 2 saturated heterocycles. The lowest BCUT2D eigenvalue weighted by atomic mass is 9.83. The van der Waals surface area contributed by atoms with Crippen LogP contribution in [0.2, 0.25) is 0 Å². The van der Waals surface area contributed by atoms with Crippen LogP contribution in [-0.2, 0) is 57.5 Å². The Morgan fingerprint density at radius 3 is 1.40 bits per heavy atom. The molecule has 2 aliphatic carbocycles. The number of aliphatic hydroxyl groups is 2. The van der Waals surface area contributed by atoms with E-state index in [9.17, 15) is 34.2 Å². The van der Waals surface area contributed by atoms with Crippen LogP contribution in [0.1, 0.15) is 224 Å². The fraction of sp³-hybridized carbons (Fsp3) is 0.840. The fourth-order valence-electron chi connectivity index (χ4n) is 14.6. The van der Waals surface area contributed by atoms with Gasteiger partial charge in [-0.15, -0.1) is 0 Å². The van der Waals surface area contributed by atoms with E-state index in [1.165, 1.54) is 78.6 Å². The zero-order valence-corrected chi connectivity index (χ0v) is 64.9. The quantitative estimate of drug-likeness (QED) is 0.0982. The molecule has 576 valence electrons. The van der Waals surface area contributed by atoms with Crippen LogP contribution in [0.3, 0.4) is 0 Å². The van der Waals surface area contributed by atoms with Crippen LogP contribution in [0.5, 0.6) is 0 Å². The Morgan fingerprint density at radius 2 is 0.901 bits per heavy atom. The number of likely N-dealkylation sites (tertiary alicyclic amines) is 1. The largest absolute Gasteiger partial charge is 0.393 e. The minimum Gasteiger partial charge on any atom is -0.393 e. The second kappa shape index (κ2) is 41.8. The number of nitrogens with zero attached hydrogens (tertiary/aromatic N) is 8. The molecule has 4 fully saturated rings. The molecule has 0 bridgehead atoms. The predicted molar refractivity (Wildman–Crippen MR) is 387 cm³/mol. The zero-order chi connectivity index (χ0) is 75.9. The normalized spacial score (nSPS) is 28.1. The van der Waals surface area contributed by atoms with Crippen LogP contribution in [0, 0.1) is 41.4 Å². The zero-order valence-electron chi connectivity index (χ0n) is 64.9. The second-order valence-corrected chi connectivity index (χ2v) is 31.8. The van der Waals surface area contributed by atoms with Gasteiger partial charge in [-0.1, -0.05) is 121 Å². The Morgan fingerprint density at radius 1 is 0.465 bits per heavy atom. The highest BCUT2D eigenvalue weighted by atomic mass is 16.3. The highest BCUT2D eigenvalue weighted by Gasteiger charge is 2.44. The summed E-state index contributed by atoms with van der Waals surface area (Å²) in [5, 5.41) is 33.7. The number of aliphatic hydroxyl groups excluding tert-OH is 2. The van der Waals surface area contributed by atoms with E-state index in [1.807, 2.05) is 69.2 Å². The first-order valence-corrected chi connectivity index (χ1v) is 38.1. The van der Waals surface area contributed by atoms with Crippen molar-refractivity contribution in [1.82, 2.24) is 60.5 Å². The Kier molecular flexibility index (Phi) is 35.9. The van der Waals surface area contributed by atoms with Crippen molar-refractivity contribution in [3.05, 3.63) is 0 Å². The minimum absolute atomic E-state index is 0.0226. The monoisotopic (exact) mass is 1420 g/mol. The van der Waals surface area contributed by atoms with Crippen molar-refractivity contribution in [2.24, 2.45) is 41.4 Å². The maximum Gasteiger partial charge on any atom is 0.248 e. The van der Waals surface area contributed by atoms with Crippen LogP contribution in [0.25, 0.3) is 0 Å². The summed E-state index contributed by atoms with van der Waals surface area (Å²) in [5.41, 5.74) is 0. The third-order valence-electron chi connectivity index (χ3n) is 21.4. The molecule has 12 amide bonds. The van der Waals surface area contributed by atoms with Crippen LogP contribution in [0.15, 0.2) is 0 Å². The van der Waals surface area contributed by atoms with Crippen molar-refractivity contribution in [2.45, 2.75) is 291 Å². The van der Waals surface area contributed by atoms with Gasteiger partial charge in [0.1, 0.15) is 54.4 Å². The maximum atomic E-state index is 15.6. The van der Waals surface area contributed by atoms with Crippen LogP contribution in [-0.4, -0.2) is 262 Å². The number of hydrogen-bond acceptors (Lipinski definition) is 14. The highest BCUT2D eigenvalue weighted by Crippen LogP contribution is 2.32. The molecule has 2 aliphatic heterocycles. The summed E-state index contributed by atoms with van der Waals surface area (Å²) in [6, 6.07) is -11.6. The second-order valence-electron chi connectivity index (χ2n) is 31.8. The number of piperidine rings is 1. The molecule has 4 rings (SSSR count). The smallest absolute Gasteiger partial charge is 0.248 e. The van der Waals surface area contributed by atoms with Gasteiger partial charge >= 0.3 is 0 Å². The van der Waals surface area contributed by atoms with Crippen LogP contribution < -0.4 is 21.3 Å². The average Bonchev–Trinajstić information content (AvgIpc) is 0.822. The summed E-state index contributed by atoms with van der Waals surface area (Å²) in [6.45, 7) is 21.5. The van der Waals surface area contributed by atoms with Gasteiger partial charge in [0, 0.05) is 61.9 Å². The number of likely N-dealkylation sites (N-methyl/N-ethyl adjacent to an activating group) is 6. The summed E-state index contributed by atoms with van der Waals surface area (Å²) >= 11 is 0. The van der Waals surface area contributed by atoms with Gasteiger partial charge in [0.05, 0.1) is 31.7 Å². The summed E-state index contributed by atoms with van der Waals surface area (Å²) in [7, 11) is 8.73. The van der Waals surface area contributed by atoms with Gasteiger partial charge in [-0.3, -0.25) is 57.5 Å². The molecule has 26 heteroatoms. The van der Waals surface area contributed by atoms with E-state index in [0.717, 1.165) is 43.4 Å². The molecule has 2 saturated carbocycles. The van der Waals surface area contributed by atoms with E-state index in [1.54, 1.807) is 11.8 Å². The molecule has 101 heavy (non-hydrogen) atoms. The topological polar surface area (TPSA) is 319 Å². The molecular weight excluding hydrogens is 1290 g/mol. The summed E-state index contributed by atoms with van der Waals surface area (Å²) < 4.78 is 0. The Bertz CT molecular complexity index is 2750. The lowest BCUT2D eigenvalue weighted by molar-refractivity contribution is -0.152. The maximum absolute atomic E-state index is 15.6. The SMILES string of the molecule is CCCCN1CC(=O)N(C)[C@@H](CC2CCCCC2)C(=O)N(C)[C@@H](CC(C)C)C(=O)N[C@@H](CC2CCC(O)CC2)C(=O)N(C)[C@@H](CC(C)C)C(=O)N[C@H](C(=O)N2CCCCC2)CC(=O)N(C)CC(=O)N(C)[C@@H](CC(C)C)C(=O)N[C@@H]([C@@H](C)CC)C(=O)N(C)[C@@H](CC(C)C)C(=O)N[C@@H]([C@@H](C)O)C1=O. The van der Waals surface area contributed by atoms with Gasteiger partial charge in [0.2, 0.25) is 70.9 Å². The molecule has 2 heterocycles. The molecule has 0 aromatic rings. The van der Waals surface area contributed by atoms with E-state index in [4.69, 9.17) is 0 Å². The molecular formula is C75H132N12O14. The number of amides is 12. The number of nitrogens with one attached hydrogen (secondary N) is 4. The van der Waals surface area contributed by atoms with Crippen molar-refractivity contribution >= 4 is 70.9 Å². The van der Waals surface area contributed by atoms with Crippen LogP contribution >= 0.6 is 0 Å². The summed E-state index contributed by atoms with van der Waals surface area (Å²) in [5.74, 6) is -9.27. The predicted octanol–water partition coefficient (Wildman–Crippen LogP) is 5.09. The first-order chi connectivity index (χ1) is 47.4. The van der Waals surface area contributed by atoms with Gasteiger partial charge in [-0.25, -0.2) is 0 Å². The first-order valence-electron chi connectivity index (χ1n) is 38.1. The average molecular weight is 1430 g/mol. The molecule has 0 unspecified atom stereocenters. The Balaban J connectivity index is 1.98. The summed E-state index contributed by atoms with van der Waals surface area (Å²) in [6.07, 6.45) is 8.32. The lowest BCUT2D eigenvalue weighted by Crippen LogP contribution is -2.62. The van der Waals surface area contributed by atoms with Crippen molar-refractivity contribution in [2.75, 3.05) is 75.0 Å². The van der Waals surface area contributed by atoms with Crippen LogP contribution in [0.4, 0.5) is 0 Å². The molecule has 4 aliphatic rings. The molecule has 6 N–H and O–H groups in total. The number of carbonyl (C=O) groups is 12. The third-order valence-corrected chi connectivity index (χ3v) is 21.4. The third kappa shape index (κ3) is 26.0. The molecule has 0 spiro atoms. The highest BCUT2D eigenvalue weighted by molar-refractivity contribution is 6.00. The molecule has 11 atom stereocenters. The van der Waals surface area contributed by atoms with E-state index < -0.39 is 163 Å². The number of unbranched alkanes of at least 4 members (excludes halogenated alkanes) is 1. The Hall–Kier alpha value is -6.44. The van der Waals surface area contributed by atoms with Crippen molar-refractivity contribution < 1.29 is 67.7 Å². The van der Waals surface area contributed by atoms with Crippen molar-refractivity contribution in [3.63, 3.8) is 0 Å². The van der Waals surface area contributed by atoms with E-state index in [2.05, 4.69) is 21.3 Å². The molecule has 26 nitrogen and oxygen atoms in total. The fourth-order valence-corrected chi connectivity index (χ4v) is 14.6. The summed E-state index contributed by atoms with van der Waals surface area (Å²) in [4.78, 5) is 191. The van der Waals surface area contributed by atoms with Crippen molar-refractivity contribution in [3.8, 4) is 0 Å². The van der Waals surface area contributed by atoms with E-state index in [0.29, 0.717) is 70.9 Å². The van der Waals surface area contributed by atoms with Gasteiger partial charge in [-0.05, 0) is 138 Å². The van der Waals surface area contributed by atoms with Gasteiger partial charge in [0.15, 0.2) is 0 Å². The first kappa shape index (κ1) is 87.0. The van der Waals surface area contributed by atoms with Crippen molar-refractivity contribution in [1.29, 1.82) is 0 Å². The molecule has 0 radical (unpaired) electrons. The lowest BCUT2D eigenvalue weighted by Gasteiger charge is -2.39. The standard InChI is InChI=1S/C75H132N12O14/c1-19-21-34-87-45-64(92)82(15)61(42-52-28-24-22-25-29-52)73(99)84(17)59(39-48(7)8)68(94)76-55(41-53-30-32-54(89)33-31-53)71(97)83(16)58(38-47(5)6)67(93)77-56(72(98)86-35-26-23-27-36-86)43-62(90)80(13)44-63(91)81(14)57(37-46(3)4)69(95)78-65(50(11)20-2)74(100)85(18)60(40-49(9)10)70(96)79-66(51(12)88)75(87)101/h46-61,65-66,88-89H,19-45H2,1-18H3,(H,76,94)(H,77,93)(H,78,95)(H,79,96)/t50-,51+,53?,54?,55-,56-,57-,58-,59-,60-,61-,65-,66-/m0/s1. The number of rotatable bonds is 19. The molecule has 0 aromatic carbocycles. The number of carbonyl (C=O) groups excluding carboxylic acids is 12. The molecule has 0 aromatic heterocycles. The Labute approximate surface area is 604 Å². The van der Waals surface area contributed by atoms with Gasteiger partial charge in [-0.2, -0.15) is 0 Å². The number of hydrogen-bond donors (Lipinski definition) is 6. The van der Waals surface area contributed by atoms with E-state index >= 15 is 33.6 Å².